The Morgan fingerprint density at radius 2 is 1.79 bits per heavy atom. The van der Waals surface area contributed by atoms with E-state index in [-0.39, 0.29) is 0 Å². The summed E-state index contributed by atoms with van der Waals surface area (Å²) in [5.41, 5.74) is -2.76. The Morgan fingerprint density at radius 3 is 2.21 bits per heavy atom. The lowest BCUT2D eigenvalue weighted by atomic mass is 10.1. The quantitative estimate of drug-likeness (QED) is 0.432. The standard InChI is InChI=1S/C11H10F3NO4/c1-7(11(12,13)14)8(16)18-4-5-19-9(17)10(6-15)2-3-10/h1-5H2. The Kier molecular flexibility index (Phi) is 4.19. The fraction of sp³-hybridized carbons (Fsp3) is 0.545. The van der Waals surface area contributed by atoms with Gasteiger partial charge in [0.1, 0.15) is 18.8 Å². The molecule has 0 saturated heterocycles. The van der Waals surface area contributed by atoms with Gasteiger partial charge in [0, 0.05) is 0 Å². The zero-order valence-corrected chi connectivity index (χ0v) is 9.75. The van der Waals surface area contributed by atoms with Gasteiger partial charge in [-0.1, -0.05) is 6.58 Å². The summed E-state index contributed by atoms with van der Waals surface area (Å²) < 4.78 is 44.9. The second kappa shape index (κ2) is 5.30. The Bertz CT molecular complexity index is 446. The number of esters is 2. The minimum absolute atomic E-state index is 0.396. The van der Waals surface area contributed by atoms with Crippen LogP contribution in [0.15, 0.2) is 12.2 Å². The van der Waals surface area contributed by atoms with Crippen molar-refractivity contribution in [3.63, 3.8) is 0 Å². The zero-order chi connectivity index (χ0) is 14.7. The highest BCUT2D eigenvalue weighted by Crippen LogP contribution is 2.45. The molecule has 0 aromatic carbocycles. The first-order valence-electron chi connectivity index (χ1n) is 5.25. The Balaban J connectivity index is 2.25. The summed E-state index contributed by atoms with van der Waals surface area (Å²) in [5.74, 6) is -2.37. The molecule has 8 heteroatoms. The molecular weight excluding hydrogens is 267 g/mol. The highest BCUT2D eigenvalue weighted by Gasteiger charge is 2.52. The lowest BCUT2D eigenvalue weighted by molar-refractivity contribution is -0.157. The van der Waals surface area contributed by atoms with Crippen LogP contribution in [-0.2, 0) is 19.1 Å². The van der Waals surface area contributed by atoms with Gasteiger partial charge >= 0.3 is 18.1 Å². The molecule has 1 aliphatic rings. The maximum absolute atomic E-state index is 12.0. The van der Waals surface area contributed by atoms with Crippen molar-refractivity contribution in [3.05, 3.63) is 12.2 Å². The van der Waals surface area contributed by atoms with Crippen molar-refractivity contribution in [2.75, 3.05) is 13.2 Å². The van der Waals surface area contributed by atoms with Gasteiger partial charge in [0.15, 0.2) is 5.41 Å². The number of rotatable bonds is 5. The second-order valence-corrected chi connectivity index (χ2v) is 3.94. The van der Waals surface area contributed by atoms with E-state index in [1.807, 2.05) is 0 Å². The summed E-state index contributed by atoms with van der Waals surface area (Å²) in [6, 6.07) is 1.79. The average Bonchev–Trinajstić information content (AvgIpc) is 3.12. The number of alkyl halides is 3. The summed E-state index contributed by atoms with van der Waals surface area (Å²) in [4.78, 5) is 22.2. The molecule has 5 nitrogen and oxygen atoms in total. The molecule has 0 radical (unpaired) electrons. The first kappa shape index (κ1) is 15.0. The molecule has 104 valence electrons. The van der Waals surface area contributed by atoms with Gasteiger partial charge in [-0.15, -0.1) is 0 Å². The second-order valence-electron chi connectivity index (χ2n) is 3.94. The van der Waals surface area contributed by atoms with Gasteiger partial charge in [0.05, 0.1) is 6.07 Å². The molecule has 0 heterocycles. The SMILES string of the molecule is C=C(C(=O)OCCOC(=O)C1(C#N)CC1)C(F)(F)F. The molecule has 1 saturated carbocycles. The predicted molar refractivity (Wildman–Crippen MR) is 54.4 cm³/mol. The number of ether oxygens (including phenoxy) is 2. The molecular formula is C11H10F3NO4. The van der Waals surface area contributed by atoms with E-state index in [0.29, 0.717) is 12.8 Å². The molecule has 0 aromatic heterocycles. The molecule has 0 aromatic rings. The lowest BCUT2D eigenvalue weighted by Gasteiger charge is -2.10. The minimum Gasteiger partial charge on any atom is -0.461 e. The predicted octanol–water partition coefficient (Wildman–Crippen LogP) is 1.50. The van der Waals surface area contributed by atoms with Crippen LogP contribution in [0.25, 0.3) is 0 Å². The van der Waals surface area contributed by atoms with Crippen LogP contribution in [0.3, 0.4) is 0 Å². The average molecular weight is 277 g/mol. The molecule has 0 aliphatic heterocycles. The molecule has 0 bridgehead atoms. The molecule has 19 heavy (non-hydrogen) atoms. The van der Waals surface area contributed by atoms with Gasteiger partial charge in [0.25, 0.3) is 0 Å². The largest absolute Gasteiger partial charge is 0.461 e. The molecule has 1 aliphatic carbocycles. The number of carbonyl (C=O) groups is 2. The smallest absolute Gasteiger partial charge is 0.422 e. The Labute approximate surface area is 106 Å². The van der Waals surface area contributed by atoms with Gasteiger partial charge < -0.3 is 9.47 Å². The van der Waals surface area contributed by atoms with Crippen LogP contribution >= 0.6 is 0 Å². The fourth-order valence-corrected chi connectivity index (χ4v) is 1.10. The third-order valence-corrected chi connectivity index (χ3v) is 2.49. The zero-order valence-electron chi connectivity index (χ0n) is 9.75. The highest BCUT2D eigenvalue weighted by atomic mass is 19.4. The van der Waals surface area contributed by atoms with E-state index >= 15 is 0 Å². The summed E-state index contributed by atoms with van der Waals surface area (Å²) in [6.45, 7) is 1.62. The van der Waals surface area contributed by atoms with Crippen LogP contribution in [0.2, 0.25) is 0 Å². The summed E-state index contributed by atoms with van der Waals surface area (Å²) in [7, 11) is 0. The van der Waals surface area contributed by atoms with Crippen LogP contribution in [0.4, 0.5) is 13.2 Å². The van der Waals surface area contributed by atoms with Crippen molar-refractivity contribution in [1.82, 2.24) is 0 Å². The molecule has 0 N–H and O–H groups in total. The number of hydrogen-bond donors (Lipinski definition) is 0. The highest BCUT2D eigenvalue weighted by molar-refractivity contribution is 5.89. The van der Waals surface area contributed by atoms with E-state index in [0.717, 1.165) is 0 Å². The summed E-state index contributed by atoms with van der Waals surface area (Å²) in [5, 5.41) is 8.66. The van der Waals surface area contributed by atoms with E-state index in [1.54, 1.807) is 6.07 Å². The van der Waals surface area contributed by atoms with Crippen molar-refractivity contribution in [2.45, 2.75) is 19.0 Å². The van der Waals surface area contributed by atoms with Crippen LogP contribution in [0.1, 0.15) is 12.8 Å². The van der Waals surface area contributed by atoms with Crippen LogP contribution in [-0.4, -0.2) is 31.3 Å². The Hall–Kier alpha value is -2.04. The first-order chi connectivity index (χ1) is 8.73. The number of hydrogen-bond acceptors (Lipinski definition) is 5. The van der Waals surface area contributed by atoms with Crippen LogP contribution in [0, 0.1) is 16.7 Å². The number of nitrogens with zero attached hydrogens (tertiary/aromatic N) is 1. The third kappa shape index (κ3) is 3.71. The first-order valence-corrected chi connectivity index (χ1v) is 5.25. The normalized spacial score (nSPS) is 16.1. The molecule has 0 amide bonds. The van der Waals surface area contributed by atoms with Crippen LogP contribution in [0.5, 0.6) is 0 Å². The number of carbonyl (C=O) groups excluding carboxylic acids is 2. The minimum atomic E-state index is -4.85. The van der Waals surface area contributed by atoms with Gasteiger partial charge in [-0.3, -0.25) is 4.79 Å². The summed E-state index contributed by atoms with van der Waals surface area (Å²) >= 11 is 0. The number of halogens is 3. The van der Waals surface area contributed by atoms with Crippen molar-refractivity contribution in [1.29, 1.82) is 5.26 Å². The van der Waals surface area contributed by atoms with Crippen molar-refractivity contribution in [2.24, 2.45) is 5.41 Å². The third-order valence-electron chi connectivity index (χ3n) is 2.49. The molecule has 0 unspecified atom stereocenters. The van der Waals surface area contributed by atoms with Gasteiger partial charge in [-0.25, -0.2) is 4.79 Å². The topological polar surface area (TPSA) is 76.4 Å². The molecule has 0 atom stereocenters. The maximum Gasteiger partial charge on any atom is 0.422 e. The summed E-state index contributed by atoms with van der Waals surface area (Å²) in [6.07, 6.45) is -4.06. The van der Waals surface area contributed by atoms with Gasteiger partial charge in [-0.05, 0) is 12.8 Å². The van der Waals surface area contributed by atoms with Gasteiger partial charge in [0.2, 0.25) is 0 Å². The number of nitriles is 1. The van der Waals surface area contributed by atoms with Crippen molar-refractivity contribution >= 4 is 11.9 Å². The van der Waals surface area contributed by atoms with Gasteiger partial charge in [-0.2, -0.15) is 18.4 Å². The lowest BCUT2D eigenvalue weighted by Crippen LogP contribution is -2.24. The monoisotopic (exact) mass is 277 g/mol. The van der Waals surface area contributed by atoms with E-state index in [4.69, 9.17) is 5.26 Å². The van der Waals surface area contributed by atoms with Crippen molar-refractivity contribution < 1.29 is 32.2 Å². The maximum atomic E-state index is 12.0. The molecule has 1 rings (SSSR count). The van der Waals surface area contributed by atoms with E-state index in [1.165, 1.54) is 0 Å². The van der Waals surface area contributed by atoms with E-state index in [2.05, 4.69) is 16.1 Å². The van der Waals surface area contributed by atoms with E-state index in [9.17, 15) is 22.8 Å². The molecule has 1 fully saturated rings. The van der Waals surface area contributed by atoms with Crippen molar-refractivity contribution in [3.8, 4) is 6.07 Å². The fourth-order valence-electron chi connectivity index (χ4n) is 1.10. The Morgan fingerprint density at radius 1 is 1.26 bits per heavy atom. The van der Waals surface area contributed by atoms with Crippen LogP contribution < -0.4 is 0 Å². The molecule has 0 spiro atoms. The van der Waals surface area contributed by atoms with E-state index < -0.39 is 42.3 Å².